The van der Waals surface area contributed by atoms with Crippen LogP contribution >= 0.6 is 0 Å². The highest BCUT2D eigenvalue weighted by molar-refractivity contribution is 6.62. The summed E-state index contributed by atoms with van der Waals surface area (Å²) in [4.78, 5) is 0. The van der Waals surface area contributed by atoms with Crippen LogP contribution in [0.15, 0.2) is 12.7 Å². The molecule has 0 radical (unpaired) electrons. The molecule has 0 aromatic rings. The van der Waals surface area contributed by atoms with Crippen LogP contribution in [-0.2, 0) is 18.0 Å². The summed E-state index contributed by atoms with van der Waals surface area (Å²) < 4.78 is 24.3. The Kier molecular flexibility index (Phi) is 9.58. The quantitative estimate of drug-likeness (QED) is 0.430. The van der Waals surface area contributed by atoms with E-state index >= 15 is 0 Å². The van der Waals surface area contributed by atoms with Gasteiger partial charge in [0.2, 0.25) is 0 Å². The molecule has 0 aliphatic rings. The Balaban J connectivity index is 5.33. The van der Waals surface area contributed by atoms with Crippen LogP contribution in [-0.4, -0.2) is 39.5 Å². The maximum absolute atomic E-state index is 6.14. The first kappa shape index (κ1) is 19.8. The molecule has 1 unspecified atom stereocenters. The summed E-state index contributed by atoms with van der Waals surface area (Å²) in [5, 5.41) is 0. The van der Waals surface area contributed by atoms with Gasteiger partial charge < -0.3 is 18.0 Å². The van der Waals surface area contributed by atoms with Crippen molar-refractivity contribution in [3.05, 3.63) is 12.7 Å². The number of rotatable bonds is 11. The van der Waals surface area contributed by atoms with Crippen molar-refractivity contribution in [2.24, 2.45) is 0 Å². The molecule has 0 saturated heterocycles. The fraction of sp³-hybridized carbons (Fsp3) is 0.867. The fourth-order valence-corrected chi connectivity index (χ4v) is 5.34. The van der Waals surface area contributed by atoms with Crippen molar-refractivity contribution in [1.29, 1.82) is 0 Å². The maximum atomic E-state index is 6.14. The predicted molar refractivity (Wildman–Crippen MR) is 84.6 cm³/mol. The Morgan fingerprint density at radius 3 is 1.55 bits per heavy atom. The molecule has 0 spiro atoms. The Bertz CT molecular complexity index is 240. The van der Waals surface area contributed by atoms with E-state index in [9.17, 15) is 0 Å². The molecular weight excluding hydrogens is 272 g/mol. The van der Waals surface area contributed by atoms with Gasteiger partial charge in [-0.2, -0.15) is 0 Å². The van der Waals surface area contributed by atoms with E-state index in [-0.39, 0.29) is 24.0 Å². The predicted octanol–water partition coefficient (Wildman–Crippen LogP) is 3.72. The van der Waals surface area contributed by atoms with E-state index in [4.69, 9.17) is 18.0 Å². The van der Waals surface area contributed by atoms with Crippen molar-refractivity contribution in [2.75, 3.05) is 6.61 Å². The Hall–Kier alpha value is -0.203. The van der Waals surface area contributed by atoms with Gasteiger partial charge in [0.1, 0.15) is 5.73 Å². The molecule has 0 amide bonds. The lowest BCUT2D eigenvalue weighted by Crippen LogP contribution is -2.60. The van der Waals surface area contributed by atoms with Gasteiger partial charge in [-0.3, -0.25) is 0 Å². The van der Waals surface area contributed by atoms with Crippen molar-refractivity contribution < 1.29 is 18.0 Å². The number of ether oxygens (including phenoxy) is 1. The van der Waals surface area contributed by atoms with Crippen LogP contribution < -0.4 is 0 Å². The van der Waals surface area contributed by atoms with Crippen LogP contribution in [0.2, 0.25) is 0 Å². The van der Waals surface area contributed by atoms with Gasteiger partial charge in [0.05, 0.1) is 6.61 Å². The first-order valence-corrected chi connectivity index (χ1v) is 9.33. The highest BCUT2D eigenvalue weighted by Gasteiger charge is 2.52. The first-order chi connectivity index (χ1) is 9.27. The molecule has 0 aromatic heterocycles. The summed E-state index contributed by atoms with van der Waals surface area (Å²) in [6.45, 7) is 18.2. The minimum absolute atomic E-state index is 0.0283. The molecule has 0 N–H and O–H groups in total. The molecule has 120 valence electrons. The molecule has 5 heteroatoms. The standard InChI is InChI=1S/C15H32O4Si/c1-9-11-16-15(10-2)20(17-12(3)4,18-13(5)6)19-14(7)8/h9,12-15H,1,10-11H2,2-8H3. The molecule has 4 nitrogen and oxygen atoms in total. The molecule has 0 bridgehead atoms. The van der Waals surface area contributed by atoms with E-state index in [1.807, 2.05) is 41.5 Å². The second-order valence-corrected chi connectivity index (χ2v) is 8.18. The summed E-state index contributed by atoms with van der Waals surface area (Å²) >= 11 is 0. The second kappa shape index (κ2) is 9.68. The molecule has 0 rings (SSSR count). The van der Waals surface area contributed by atoms with Gasteiger partial charge in [0.25, 0.3) is 0 Å². The van der Waals surface area contributed by atoms with Crippen LogP contribution in [0.5, 0.6) is 0 Å². The normalized spacial score (nSPS) is 14.3. The maximum Gasteiger partial charge on any atom is 0.532 e. The zero-order chi connectivity index (χ0) is 15.8. The monoisotopic (exact) mass is 304 g/mol. The third-order valence-electron chi connectivity index (χ3n) is 2.38. The molecule has 20 heavy (non-hydrogen) atoms. The van der Waals surface area contributed by atoms with Gasteiger partial charge in [-0.1, -0.05) is 13.0 Å². The van der Waals surface area contributed by atoms with Gasteiger partial charge in [0.15, 0.2) is 0 Å². The second-order valence-electron chi connectivity index (χ2n) is 5.62. The third kappa shape index (κ3) is 6.99. The lowest BCUT2D eigenvalue weighted by molar-refractivity contribution is -0.0461. The average molecular weight is 305 g/mol. The van der Waals surface area contributed by atoms with E-state index in [0.29, 0.717) is 6.61 Å². The van der Waals surface area contributed by atoms with Gasteiger partial charge >= 0.3 is 8.80 Å². The largest absolute Gasteiger partial charge is 0.532 e. The zero-order valence-corrected chi connectivity index (χ0v) is 15.1. The van der Waals surface area contributed by atoms with Crippen molar-refractivity contribution in [3.8, 4) is 0 Å². The summed E-state index contributed by atoms with van der Waals surface area (Å²) in [5.41, 5.74) is -0.173. The fourth-order valence-electron chi connectivity index (χ4n) is 1.95. The molecule has 1 atom stereocenters. The highest BCUT2D eigenvalue weighted by atomic mass is 28.4. The lowest BCUT2D eigenvalue weighted by atomic mass is 10.5. The lowest BCUT2D eigenvalue weighted by Gasteiger charge is -2.38. The Morgan fingerprint density at radius 2 is 1.30 bits per heavy atom. The van der Waals surface area contributed by atoms with E-state index < -0.39 is 8.80 Å². The molecule has 0 fully saturated rings. The van der Waals surface area contributed by atoms with Crippen molar-refractivity contribution in [1.82, 2.24) is 0 Å². The van der Waals surface area contributed by atoms with Crippen LogP contribution in [0.25, 0.3) is 0 Å². The SMILES string of the molecule is C=CCOC(CC)[Si](OC(C)C)(OC(C)C)OC(C)C. The number of hydrogen-bond donors (Lipinski definition) is 0. The van der Waals surface area contributed by atoms with E-state index in [2.05, 4.69) is 13.5 Å². The average Bonchev–Trinajstić information content (AvgIpc) is 2.26. The Morgan fingerprint density at radius 1 is 0.900 bits per heavy atom. The zero-order valence-electron chi connectivity index (χ0n) is 14.1. The summed E-state index contributed by atoms with van der Waals surface area (Å²) in [5.74, 6) is 0. The Labute approximate surface area is 125 Å². The molecule has 0 aromatic carbocycles. The first-order valence-electron chi connectivity index (χ1n) is 7.53. The van der Waals surface area contributed by atoms with Crippen LogP contribution in [0, 0.1) is 0 Å². The summed E-state index contributed by atoms with van der Waals surface area (Å²) in [7, 11) is -2.92. The van der Waals surface area contributed by atoms with E-state index in [1.165, 1.54) is 0 Å². The van der Waals surface area contributed by atoms with Crippen LogP contribution in [0.3, 0.4) is 0 Å². The van der Waals surface area contributed by atoms with Gasteiger partial charge in [-0.25, -0.2) is 0 Å². The molecule has 0 aliphatic carbocycles. The molecule has 0 saturated carbocycles. The van der Waals surface area contributed by atoms with E-state index in [0.717, 1.165) is 6.42 Å². The summed E-state index contributed by atoms with van der Waals surface area (Å²) in [6, 6.07) is 0. The van der Waals surface area contributed by atoms with Gasteiger partial charge in [-0.15, -0.1) is 6.58 Å². The van der Waals surface area contributed by atoms with Crippen LogP contribution in [0.1, 0.15) is 54.9 Å². The van der Waals surface area contributed by atoms with Gasteiger partial charge in [-0.05, 0) is 48.0 Å². The van der Waals surface area contributed by atoms with Gasteiger partial charge in [0, 0.05) is 18.3 Å². The minimum atomic E-state index is -2.92. The van der Waals surface area contributed by atoms with E-state index in [1.54, 1.807) is 6.08 Å². The third-order valence-corrected chi connectivity index (χ3v) is 6.14. The molecular formula is C15H32O4Si. The van der Waals surface area contributed by atoms with Crippen molar-refractivity contribution in [2.45, 2.75) is 78.9 Å². The molecule has 0 heterocycles. The topological polar surface area (TPSA) is 36.9 Å². The van der Waals surface area contributed by atoms with Crippen LogP contribution in [0.4, 0.5) is 0 Å². The minimum Gasteiger partial charge on any atom is -0.370 e. The smallest absolute Gasteiger partial charge is 0.370 e. The number of hydrogen-bond acceptors (Lipinski definition) is 4. The van der Waals surface area contributed by atoms with Crippen molar-refractivity contribution >= 4 is 8.80 Å². The van der Waals surface area contributed by atoms with Crippen molar-refractivity contribution in [3.63, 3.8) is 0 Å². The highest BCUT2D eigenvalue weighted by Crippen LogP contribution is 2.25. The molecule has 0 aliphatic heterocycles. The summed E-state index contributed by atoms with van der Waals surface area (Å²) in [6.07, 6.45) is 2.61.